The van der Waals surface area contributed by atoms with Crippen LogP contribution >= 0.6 is 0 Å². The summed E-state index contributed by atoms with van der Waals surface area (Å²) in [6.07, 6.45) is 3.43. The molecule has 2 aromatic carbocycles. The Bertz CT molecular complexity index is 1700. The molecule has 0 saturated carbocycles. The lowest BCUT2D eigenvalue weighted by Crippen LogP contribution is -2.54. The Morgan fingerprint density at radius 3 is 2.27 bits per heavy atom. The third-order valence-electron chi connectivity index (χ3n) is 6.72. The van der Waals surface area contributed by atoms with Crippen molar-refractivity contribution in [3.05, 3.63) is 111 Å². The van der Waals surface area contributed by atoms with Crippen molar-refractivity contribution in [3.8, 4) is 17.3 Å². The van der Waals surface area contributed by atoms with Gasteiger partial charge in [-0.15, -0.1) is 0 Å². The van der Waals surface area contributed by atoms with Crippen LogP contribution in [0.15, 0.2) is 78.5 Å². The smallest absolute Gasteiger partial charge is 0.335 e. The molecule has 0 bridgehead atoms. The lowest BCUT2D eigenvalue weighted by atomic mass is 10.1. The second kappa shape index (κ2) is 10.9. The van der Waals surface area contributed by atoms with Crippen molar-refractivity contribution in [2.45, 2.75) is 27.2 Å². The number of pyridine rings is 1. The SMILES string of the molecule is CCc1ccc(N2C(=O)NC(=O)/C(=C/c3cc(C)n(-c4ccc(Oc5ccc([N+](=O)[O-])cn5)cc4)c3C)C2=O)cc1. The number of nitrogens with one attached hydrogen (secondary N) is 1. The summed E-state index contributed by atoms with van der Waals surface area (Å²) in [5, 5.41) is 13.1. The van der Waals surface area contributed by atoms with Crippen LogP contribution in [-0.2, 0) is 16.0 Å². The molecule has 2 aromatic heterocycles. The average Bonchev–Trinajstić information content (AvgIpc) is 3.24. The second-order valence-electron chi connectivity index (χ2n) is 9.35. The summed E-state index contributed by atoms with van der Waals surface area (Å²) >= 11 is 0. The van der Waals surface area contributed by atoms with E-state index in [1.165, 1.54) is 18.2 Å². The van der Waals surface area contributed by atoms with Crippen molar-refractivity contribution in [2.24, 2.45) is 0 Å². The van der Waals surface area contributed by atoms with E-state index < -0.39 is 22.8 Å². The number of imide groups is 2. The molecule has 1 fully saturated rings. The third kappa shape index (κ3) is 5.33. The molecule has 4 aromatic rings. The van der Waals surface area contributed by atoms with Crippen molar-refractivity contribution in [1.29, 1.82) is 0 Å². The molecular weight excluding hydrogens is 526 g/mol. The second-order valence-corrected chi connectivity index (χ2v) is 9.35. The molecule has 0 unspecified atom stereocenters. The third-order valence-corrected chi connectivity index (χ3v) is 6.72. The van der Waals surface area contributed by atoms with E-state index in [0.717, 1.165) is 40.2 Å². The standard InChI is InChI=1S/C30H25N5O6/c1-4-20-5-7-23(8-6-20)34-29(37)26(28(36)32-30(34)38)16-21-15-18(2)33(19(21)3)22-9-12-25(13-10-22)41-27-14-11-24(17-31-27)35(39)40/h5-17H,4H2,1-3H3,(H,32,36,38)/b26-16-. The van der Waals surface area contributed by atoms with Crippen LogP contribution in [0.2, 0.25) is 0 Å². The molecule has 41 heavy (non-hydrogen) atoms. The minimum Gasteiger partial charge on any atom is -0.439 e. The van der Waals surface area contributed by atoms with Crippen LogP contribution in [0.1, 0.15) is 29.4 Å². The number of amides is 4. The molecule has 11 heteroatoms. The van der Waals surface area contributed by atoms with Gasteiger partial charge >= 0.3 is 6.03 Å². The van der Waals surface area contributed by atoms with E-state index in [-0.39, 0.29) is 17.1 Å². The summed E-state index contributed by atoms with van der Waals surface area (Å²) in [4.78, 5) is 53.8. The number of urea groups is 1. The number of carbonyl (C=O) groups is 3. The Morgan fingerprint density at radius 1 is 0.976 bits per heavy atom. The summed E-state index contributed by atoms with van der Waals surface area (Å²) in [7, 11) is 0. The van der Waals surface area contributed by atoms with Crippen LogP contribution in [-0.4, -0.2) is 32.3 Å². The number of carbonyl (C=O) groups excluding carboxylic acids is 3. The van der Waals surface area contributed by atoms with E-state index in [1.807, 2.05) is 55.7 Å². The zero-order valence-electron chi connectivity index (χ0n) is 22.5. The fraction of sp³-hybridized carbons (Fsp3) is 0.133. The van der Waals surface area contributed by atoms with Crippen LogP contribution in [0.4, 0.5) is 16.2 Å². The first-order valence-corrected chi connectivity index (χ1v) is 12.7. The molecule has 206 valence electrons. The Balaban J connectivity index is 1.40. The highest BCUT2D eigenvalue weighted by Crippen LogP contribution is 2.28. The minimum atomic E-state index is -0.793. The summed E-state index contributed by atoms with van der Waals surface area (Å²) in [5.41, 5.74) is 4.23. The van der Waals surface area contributed by atoms with Gasteiger partial charge in [0.2, 0.25) is 5.88 Å². The maximum Gasteiger partial charge on any atom is 0.335 e. The predicted octanol–water partition coefficient (Wildman–Crippen LogP) is 5.42. The minimum absolute atomic E-state index is 0.130. The number of aromatic nitrogens is 2. The molecule has 0 radical (unpaired) electrons. The van der Waals surface area contributed by atoms with Gasteiger partial charge in [-0.05, 0) is 79.9 Å². The van der Waals surface area contributed by atoms with Crippen molar-refractivity contribution in [1.82, 2.24) is 14.9 Å². The number of ether oxygens (including phenoxy) is 1. The molecule has 5 rings (SSSR count). The first-order chi connectivity index (χ1) is 19.7. The van der Waals surface area contributed by atoms with Gasteiger partial charge < -0.3 is 9.30 Å². The summed E-state index contributed by atoms with van der Waals surface area (Å²) < 4.78 is 7.65. The maximum atomic E-state index is 13.3. The summed E-state index contributed by atoms with van der Waals surface area (Å²) in [6.45, 7) is 5.77. The molecule has 0 atom stereocenters. The lowest BCUT2D eigenvalue weighted by molar-refractivity contribution is -0.385. The number of nitro groups is 1. The zero-order valence-corrected chi connectivity index (χ0v) is 22.5. The van der Waals surface area contributed by atoms with Gasteiger partial charge in [0.25, 0.3) is 17.5 Å². The monoisotopic (exact) mass is 551 g/mol. The topological polar surface area (TPSA) is 137 Å². The average molecular weight is 552 g/mol. The van der Waals surface area contributed by atoms with E-state index in [0.29, 0.717) is 17.0 Å². The molecule has 1 aliphatic rings. The Hall–Kier alpha value is -5.58. The highest BCUT2D eigenvalue weighted by atomic mass is 16.6. The molecular formula is C30H25N5O6. The molecule has 1 aliphatic heterocycles. The van der Waals surface area contributed by atoms with Gasteiger partial charge in [0, 0.05) is 29.2 Å². The molecule has 0 spiro atoms. The van der Waals surface area contributed by atoms with E-state index in [9.17, 15) is 24.5 Å². The van der Waals surface area contributed by atoms with Crippen LogP contribution in [0.25, 0.3) is 11.8 Å². The van der Waals surface area contributed by atoms with Gasteiger partial charge in [-0.2, -0.15) is 0 Å². The number of benzene rings is 2. The molecule has 1 saturated heterocycles. The highest BCUT2D eigenvalue weighted by molar-refractivity contribution is 6.39. The Kier molecular flexibility index (Phi) is 7.17. The van der Waals surface area contributed by atoms with E-state index >= 15 is 0 Å². The van der Waals surface area contributed by atoms with Gasteiger partial charge in [-0.25, -0.2) is 14.7 Å². The molecule has 1 N–H and O–H groups in total. The van der Waals surface area contributed by atoms with E-state index in [4.69, 9.17) is 4.74 Å². The van der Waals surface area contributed by atoms with Crippen LogP contribution < -0.4 is 15.0 Å². The van der Waals surface area contributed by atoms with Gasteiger partial charge in [-0.3, -0.25) is 25.0 Å². The van der Waals surface area contributed by atoms with Gasteiger partial charge in [0.15, 0.2) is 0 Å². The maximum absolute atomic E-state index is 13.3. The number of barbiturate groups is 1. The molecule has 0 aliphatic carbocycles. The van der Waals surface area contributed by atoms with Gasteiger partial charge in [0.05, 0.1) is 10.6 Å². The fourth-order valence-electron chi connectivity index (χ4n) is 4.58. The Labute approximate surface area is 234 Å². The number of aryl methyl sites for hydroxylation is 2. The lowest BCUT2D eigenvalue weighted by Gasteiger charge is -2.26. The van der Waals surface area contributed by atoms with Gasteiger partial charge in [0.1, 0.15) is 17.5 Å². The van der Waals surface area contributed by atoms with Crippen molar-refractivity contribution in [3.63, 3.8) is 0 Å². The highest BCUT2D eigenvalue weighted by Gasteiger charge is 2.37. The summed E-state index contributed by atoms with van der Waals surface area (Å²) in [5.74, 6) is -0.752. The first kappa shape index (κ1) is 27.0. The normalized spacial score (nSPS) is 14.4. The quantitative estimate of drug-likeness (QED) is 0.140. The molecule has 11 nitrogen and oxygen atoms in total. The van der Waals surface area contributed by atoms with Crippen molar-refractivity contribution < 1.29 is 24.0 Å². The fourth-order valence-corrected chi connectivity index (χ4v) is 4.58. The molecule has 3 heterocycles. The predicted molar refractivity (Wildman–Crippen MR) is 151 cm³/mol. The zero-order chi connectivity index (χ0) is 29.3. The van der Waals surface area contributed by atoms with Crippen molar-refractivity contribution in [2.75, 3.05) is 4.90 Å². The van der Waals surface area contributed by atoms with Crippen LogP contribution in [0.3, 0.4) is 0 Å². The number of nitrogens with zero attached hydrogens (tertiary/aromatic N) is 4. The molecule has 4 amide bonds. The number of rotatable bonds is 7. The van der Waals surface area contributed by atoms with Crippen molar-refractivity contribution >= 4 is 35.3 Å². The van der Waals surface area contributed by atoms with Gasteiger partial charge in [-0.1, -0.05) is 19.1 Å². The largest absolute Gasteiger partial charge is 0.439 e. The number of hydrogen-bond donors (Lipinski definition) is 1. The van der Waals surface area contributed by atoms with Crippen LogP contribution in [0.5, 0.6) is 11.6 Å². The first-order valence-electron chi connectivity index (χ1n) is 12.7. The number of anilines is 1. The summed E-state index contributed by atoms with van der Waals surface area (Å²) in [6, 6.07) is 18.0. The Morgan fingerprint density at radius 2 is 1.66 bits per heavy atom. The van der Waals surface area contributed by atoms with E-state index in [1.54, 1.807) is 24.3 Å². The van der Waals surface area contributed by atoms with E-state index in [2.05, 4.69) is 10.3 Å². The van der Waals surface area contributed by atoms with Crippen LogP contribution in [0, 0.1) is 24.0 Å². The number of hydrogen-bond acceptors (Lipinski definition) is 7.